The number of hydrogen-bond donors (Lipinski definition) is 2. The van der Waals surface area contributed by atoms with E-state index in [4.69, 9.17) is 5.11 Å². The highest BCUT2D eigenvalue weighted by Gasteiger charge is 2.24. The SMILES string of the molecule is O=C(CC1CCNC1)N1CCN(CCO)CC1. The van der Waals surface area contributed by atoms with Crippen LogP contribution in [0.1, 0.15) is 12.8 Å². The van der Waals surface area contributed by atoms with Gasteiger partial charge in [-0.25, -0.2) is 0 Å². The van der Waals surface area contributed by atoms with Crippen LogP contribution in [0.5, 0.6) is 0 Å². The van der Waals surface area contributed by atoms with Crippen LogP contribution in [0.15, 0.2) is 0 Å². The molecule has 0 radical (unpaired) electrons. The van der Waals surface area contributed by atoms with Gasteiger partial charge in [-0.05, 0) is 25.4 Å². The summed E-state index contributed by atoms with van der Waals surface area (Å²) in [4.78, 5) is 16.2. The quantitative estimate of drug-likeness (QED) is 0.671. The number of nitrogens with one attached hydrogen (secondary N) is 1. The number of piperazine rings is 1. The van der Waals surface area contributed by atoms with E-state index in [1.807, 2.05) is 4.90 Å². The predicted molar refractivity (Wildman–Crippen MR) is 65.7 cm³/mol. The lowest BCUT2D eigenvalue weighted by Gasteiger charge is -2.34. The van der Waals surface area contributed by atoms with E-state index in [1.165, 1.54) is 0 Å². The van der Waals surface area contributed by atoms with Gasteiger partial charge in [0.1, 0.15) is 0 Å². The zero-order valence-corrected chi connectivity index (χ0v) is 10.4. The average Bonchev–Trinajstić information content (AvgIpc) is 2.83. The molecule has 1 atom stereocenters. The molecule has 0 bridgehead atoms. The van der Waals surface area contributed by atoms with Crippen molar-refractivity contribution in [2.75, 3.05) is 52.4 Å². The van der Waals surface area contributed by atoms with Crippen LogP contribution in [0.25, 0.3) is 0 Å². The summed E-state index contributed by atoms with van der Waals surface area (Å²) in [7, 11) is 0. The van der Waals surface area contributed by atoms with E-state index < -0.39 is 0 Å². The second-order valence-corrected chi connectivity index (χ2v) is 5.01. The van der Waals surface area contributed by atoms with Crippen molar-refractivity contribution in [2.24, 2.45) is 5.92 Å². The summed E-state index contributed by atoms with van der Waals surface area (Å²) in [6.45, 7) is 6.43. The van der Waals surface area contributed by atoms with Gasteiger partial charge in [-0.3, -0.25) is 9.69 Å². The Labute approximate surface area is 103 Å². The van der Waals surface area contributed by atoms with E-state index in [-0.39, 0.29) is 6.61 Å². The number of β-amino-alcohol motifs (C(OH)–C–C–N with tert-alkyl or cyclic N) is 1. The molecule has 98 valence electrons. The van der Waals surface area contributed by atoms with Crippen LogP contribution < -0.4 is 5.32 Å². The number of carbonyl (C=O) groups excluding carboxylic acids is 1. The molecule has 1 unspecified atom stereocenters. The van der Waals surface area contributed by atoms with Crippen molar-refractivity contribution >= 4 is 5.91 Å². The number of nitrogens with zero attached hydrogens (tertiary/aromatic N) is 2. The number of aliphatic hydroxyl groups excluding tert-OH is 1. The van der Waals surface area contributed by atoms with E-state index in [0.29, 0.717) is 18.2 Å². The maximum Gasteiger partial charge on any atom is 0.222 e. The number of rotatable bonds is 4. The highest BCUT2D eigenvalue weighted by molar-refractivity contribution is 5.76. The zero-order chi connectivity index (χ0) is 12.1. The molecule has 0 aromatic rings. The van der Waals surface area contributed by atoms with Gasteiger partial charge in [0.2, 0.25) is 5.91 Å². The van der Waals surface area contributed by atoms with E-state index in [2.05, 4.69) is 10.2 Å². The molecule has 2 rings (SSSR count). The minimum atomic E-state index is 0.210. The fraction of sp³-hybridized carbons (Fsp3) is 0.917. The lowest BCUT2D eigenvalue weighted by molar-refractivity contribution is -0.133. The molecule has 2 N–H and O–H groups in total. The van der Waals surface area contributed by atoms with Gasteiger partial charge in [0.15, 0.2) is 0 Å². The number of amides is 1. The predicted octanol–water partition coefficient (Wildman–Crippen LogP) is -0.877. The Hall–Kier alpha value is -0.650. The van der Waals surface area contributed by atoms with Gasteiger partial charge in [-0.1, -0.05) is 0 Å². The molecular formula is C12H23N3O2. The molecule has 2 saturated heterocycles. The van der Waals surface area contributed by atoms with Crippen molar-refractivity contribution < 1.29 is 9.90 Å². The van der Waals surface area contributed by atoms with Gasteiger partial charge >= 0.3 is 0 Å². The van der Waals surface area contributed by atoms with Crippen LogP contribution in [-0.2, 0) is 4.79 Å². The van der Waals surface area contributed by atoms with Crippen LogP contribution in [0.4, 0.5) is 0 Å². The van der Waals surface area contributed by atoms with Crippen molar-refractivity contribution in [1.82, 2.24) is 15.1 Å². The van der Waals surface area contributed by atoms with Crippen molar-refractivity contribution in [3.63, 3.8) is 0 Å². The summed E-state index contributed by atoms with van der Waals surface area (Å²) in [5.41, 5.74) is 0. The Balaban J connectivity index is 1.70. The summed E-state index contributed by atoms with van der Waals surface area (Å²) < 4.78 is 0. The average molecular weight is 241 g/mol. The van der Waals surface area contributed by atoms with Crippen LogP contribution in [0.3, 0.4) is 0 Å². The van der Waals surface area contributed by atoms with Crippen LogP contribution >= 0.6 is 0 Å². The Morgan fingerprint density at radius 1 is 1.29 bits per heavy atom. The third-order valence-corrected chi connectivity index (χ3v) is 3.77. The van der Waals surface area contributed by atoms with E-state index in [9.17, 15) is 4.79 Å². The zero-order valence-electron chi connectivity index (χ0n) is 10.4. The Morgan fingerprint density at radius 2 is 2.06 bits per heavy atom. The Kier molecular flexibility index (Phi) is 4.76. The summed E-state index contributed by atoms with van der Waals surface area (Å²) in [5, 5.41) is 12.2. The molecule has 0 spiro atoms. The summed E-state index contributed by atoms with van der Waals surface area (Å²) >= 11 is 0. The second-order valence-electron chi connectivity index (χ2n) is 5.01. The summed E-state index contributed by atoms with van der Waals surface area (Å²) in [5.74, 6) is 0.848. The van der Waals surface area contributed by atoms with Crippen molar-refractivity contribution in [3.8, 4) is 0 Å². The van der Waals surface area contributed by atoms with Crippen molar-refractivity contribution in [2.45, 2.75) is 12.8 Å². The molecule has 0 saturated carbocycles. The molecule has 2 heterocycles. The first-order chi connectivity index (χ1) is 8.29. The molecule has 0 aromatic heterocycles. The lowest BCUT2D eigenvalue weighted by Crippen LogP contribution is -2.49. The lowest BCUT2D eigenvalue weighted by atomic mass is 10.0. The fourth-order valence-electron chi connectivity index (χ4n) is 2.63. The first-order valence-electron chi connectivity index (χ1n) is 6.61. The third kappa shape index (κ3) is 3.66. The van der Waals surface area contributed by atoms with Gasteiger partial charge in [0, 0.05) is 39.1 Å². The molecule has 1 amide bonds. The van der Waals surface area contributed by atoms with Gasteiger partial charge in [0.25, 0.3) is 0 Å². The highest BCUT2D eigenvalue weighted by atomic mass is 16.3. The van der Waals surface area contributed by atoms with Crippen LogP contribution in [-0.4, -0.2) is 73.2 Å². The summed E-state index contributed by atoms with van der Waals surface area (Å²) in [6, 6.07) is 0. The second kappa shape index (κ2) is 6.33. The Bertz CT molecular complexity index is 246. The van der Waals surface area contributed by atoms with Gasteiger partial charge < -0.3 is 15.3 Å². The molecule has 0 aliphatic carbocycles. The Morgan fingerprint density at radius 3 is 2.65 bits per heavy atom. The number of aliphatic hydroxyl groups is 1. The maximum atomic E-state index is 12.0. The van der Waals surface area contributed by atoms with Crippen molar-refractivity contribution in [3.05, 3.63) is 0 Å². The van der Waals surface area contributed by atoms with Crippen molar-refractivity contribution in [1.29, 1.82) is 0 Å². The molecular weight excluding hydrogens is 218 g/mol. The van der Waals surface area contributed by atoms with Crippen LogP contribution in [0, 0.1) is 5.92 Å². The molecule has 2 fully saturated rings. The van der Waals surface area contributed by atoms with Gasteiger partial charge in [0.05, 0.1) is 6.61 Å². The molecule has 2 aliphatic heterocycles. The van der Waals surface area contributed by atoms with Crippen LogP contribution in [0.2, 0.25) is 0 Å². The minimum Gasteiger partial charge on any atom is -0.395 e. The number of carbonyl (C=O) groups is 1. The first-order valence-corrected chi connectivity index (χ1v) is 6.61. The fourth-order valence-corrected chi connectivity index (χ4v) is 2.63. The van der Waals surface area contributed by atoms with Gasteiger partial charge in [-0.15, -0.1) is 0 Å². The first kappa shape index (κ1) is 12.8. The standard InChI is InChI=1S/C12H23N3O2/c16-8-7-14-3-5-15(6-4-14)12(17)9-11-1-2-13-10-11/h11,13,16H,1-10H2. The van der Waals surface area contributed by atoms with E-state index in [1.54, 1.807) is 0 Å². The third-order valence-electron chi connectivity index (χ3n) is 3.77. The topological polar surface area (TPSA) is 55.8 Å². The normalized spacial score (nSPS) is 26.4. The van der Waals surface area contributed by atoms with E-state index >= 15 is 0 Å². The molecule has 17 heavy (non-hydrogen) atoms. The minimum absolute atomic E-state index is 0.210. The monoisotopic (exact) mass is 241 g/mol. The number of hydrogen-bond acceptors (Lipinski definition) is 4. The smallest absolute Gasteiger partial charge is 0.222 e. The highest BCUT2D eigenvalue weighted by Crippen LogP contribution is 2.14. The molecule has 5 nitrogen and oxygen atoms in total. The van der Waals surface area contributed by atoms with E-state index in [0.717, 1.165) is 52.2 Å². The maximum absolute atomic E-state index is 12.0. The van der Waals surface area contributed by atoms with Gasteiger partial charge in [-0.2, -0.15) is 0 Å². The molecule has 0 aromatic carbocycles. The molecule has 5 heteroatoms. The largest absolute Gasteiger partial charge is 0.395 e. The summed E-state index contributed by atoms with van der Waals surface area (Å²) in [6.07, 6.45) is 1.84. The molecule has 2 aliphatic rings.